The molecule has 3 rings (SSSR count). The molecule has 0 atom stereocenters. The number of benzene rings is 2. The third kappa shape index (κ3) is 3.57. The van der Waals surface area contributed by atoms with Gasteiger partial charge in [0.25, 0.3) is 5.69 Å². The Morgan fingerprint density at radius 3 is 2.75 bits per heavy atom. The maximum absolute atomic E-state index is 10.7. The van der Waals surface area contributed by atoms with Crippen LogP contribution in [0.3, 0.4) is 0 Å². The number of rotatable bonds is 4. The summed E-state index contributed by atoms with van der Waals surface area (Å²) in [6.45, 7) is 2.90. The van der Waals surface area contributed by atoms with Crippen molar-refractivity contribution in [2.75, 3.05) is 13.2 Å². The Bertz CT molecular complexity index is 830. The summed E-state index contributed by atoms with van der Waals surface area (Å²) in [4.78, 5) is 10.3. The van der Waals surface area contributed by atoms with Gasteiger partial charge in [0.15, 0.2) is 11.5 Å². The Kier molecular flexibility index (Phi) is 4.51. The smallest absolute Gasteiger partial charge is 0.270 e. The highest BCUT2D eigenvalue weighted by atomic mass is 16.6. The summed E-state index contributed by atoms with van der Waals surface area (Å²) in [5.41, 5.74) is 2.21. The normalized spacial score (nSPS) is 14.0. The maximum Gasteiger partial charge on any atom is 0.270 e. The van der Waals surface area contributed by atoms with E-state index in [0.717, 1.165) is 11.3 Å². The third-order valence-corrected chi connectivity index (χ3v) is 3.46. The Morgan fingerprint density at radius 2 is 1.96 bits per heavy atom. The van der Waals surface area contributed by atoms with Gasteiger partial charge in [0.1, 0.15) is 13.2 Å². The lowest BCUT2D eigenvalue weighted by atomic mass is 10.1. The van der Waals surface area contributed by atoms with Gasteiger partial charge in [0, 0.05) is 23.3 Å². The zero-order chi connectivity index (χ0) is 16.9. The molecule has 0 fully saturated rings. The fourth-order valence-electron chi connectivity index (χ4n) is 2.23. The van der Waals surface area contributed by atoms with Gasteiger partial charge in [-0.05, 0) is 25.1 Å². The number of non-ortho nitro benzene ring substituents is 1. The van der Waals surface area contributed by atoms with Gasteiger partial charge in [-0.25, -0.2) is 0 Å². The number of hydrogen-bond acceptors (Lipinski definition) is 6. The number of fused-ring (bicyclic) bond motifs is 1. The zero-order valence-electron chi connectivity index (χ0n) is 13.0. The molecule has 0 aliphatic carbocycles. The van der Waals surface area contributed by atoms with Crippen LogP contribution in [0.25, 0.3) is 0 Å². The van der Waals surface area contributed by atoms with E-state index in [1.165, 1.54) is 18.3 Å². The molecule has 1 heterocycles. The zero-order valence-corrected chi connectivity index (χ0v) is 13.0. The molecule has 7 nitrogen and oxygen atoms in total. The van der Waals surface area contributed by atoms with Gasteiger partial charge in [0.2, 0.25) is 0 Å². The molecule has 2 aromatic carbocycles. The van der Waals surface area contributed by atoms with E-state index < -0.39 is 4.92 Å². The minimum atomic E-state index is -0.443. The molecule has 1 aliphatic heterocycles. The van der Waals surface area contributed by atoms with Crippen LogP contribution in [0.2, 0.25) is 0 Å². The molecular weight excluding hydrogens is 310 g/mol. The van der Waals surface area contributed by atoms with Crippen LogP contribution >= 0.6 is 0 Å². The van der Waals surface area contributed by atoms with Gasteiger partial charge in [-0.3, -0.25) is 10.1 Å². The van der Waals surface area contributed by atoms with Gasteiger partial charge >= 0.3 is 0 Å². The first kappa shape index (κ1) is 15.7. The molecule has 0 saturated carbocycles. The van der Waals surface area contributed by atoms with E-state index in [1.54, 1.807) is 12.1 Å². The summed E-state index contributed by atoms with van der Waals surface area (Å²) in [7, 11) is 0. The van der Waals surface area contributed by atoms with Crippen molar-refractivity contribution >= 4 is 17.6 Å². The fraction of sp³-hybridized carbons (Fsp3) is 0.176. The first-order valence-corrected chi connectivity index (χ1v) is 7.35. The van der Waals surface area contributed by atoms with Crippen LogP contribution in [0, 0.1) is 10.1 Å². The monoisotopic (exact) mass is 325 g/mol. The van der Waals surface area contributed by atoms with Gasteiger partial charge < -0.3 is 9.47 Å². The van der Waals surface area contributed by atoms with Crippen molar-refractivity contribution in [1.29, 1.82) is 0 Å². The predicted octanol–water partition coefficient (Wildman–Crippen LogP) is 3.21. The Hall–Kier alpha value is -3.22. The minimum absolute atomic E-state index is 0.0199. The molecule has 0 amide bonds. The molecule has 2 aromatic rings. The second kappa shape index (κ2) is 6.91. The van der Waals surface area contributed by atoms with E-state index in [1.807, 2.05) is 25.1 Å². The van der Waals surface area contributed by atoms with Gasteiger partial charge in [-0.2, -0.15) is 10.2 Å². The van der Waals surface area contributed by atoms with Gasteiger partial charge in [-0.15, -0.1) is 0 Å². The summed E-state index contributed by atoms with van der Waals surface area (Å²) in [5, 5.41) is 18.9. The van der Waals surface area contributed by atoms with E-state index in [-0.39, 0.29) is 5.69 Å². The predicted molar refractivity (Wildman–Crippen MR) is 90.3 cm³/mol. The lowest BCUT2D eigenvalue weighted by molar-refractivity contribution is -0.384. The second-order valence-corrected chi connectivity index (χ2v) is 5.14. The van der Waals surface area contributed by atoms with Crippen LogP contribution in [-0.4, -0.2) is 30.1 Å². The van der Waals surface area contributed by atoms with E-state index in [0.29, 0.717) is 30.2 Å². The highest BCUT2D eigenvalue weighted by molar-refractivity contribution is 5.99. The highest BCUT2D eigenvalue weighted by Crippen LogP contribution is 2.30. The van der Waals surface area contributed by atoms with Crippen molar-refractivity contribution in [3.63, 3.8) is 0 Å². The molecule has 122 valence electrons. The summed E-state index contributed by atoms with van der Waals surface area (Å²) in [6.07, 6.45) is 1.48. The fourth-order valence-corrected chi connectivity index (χ4v) is 2.23. The van der Waals surface area contributed by atoms with Gasteiger partial charge in [-0.1, -0.05) is 12.1 Å². The van der Waals surface area contributed by atoms with Crippen LogP contribution in [0.1, 0.15) is 18.1 Å². The quantitative estimate of drug-likeness (QED) is 0.490. The molecule has 0 unspecified atom stereocenters. The third-order valence-electron chi connectivity index (χ3n) is 3.46. The molecule has 0 aromatic heterocycles. The number of nitro groups is 1. The molecule has 24 heavy (non-hydrogen) atoms. The van der Waals surface area contributed by atoms with E-state index in [4.69, 9.17) is 9.47 Å². The van der Waals surface area contributed by atoms with Crippen molar-refractivity contribution in [3.8, 4) is 11.5 Å². The Labute approximate surface area is 138 Å². The van der Waals surface area contributed by atoms with Crippen molar-refractivity contribution in [1.82, 2.24) is 0 Å². The molecule has 0 bridgehead atoms. The number of nitrogens with zero attached hydrogens (tertiary/aromatic N) is 3. The lowest BCUT2D eigenvalue weighted by Crippen LogP contribution is -2.15. The molecule has 0 spiro atoms. The number of nitro benzene ring substituents is 1. The van der Waals surface area contributed by atoms with Crippen LogP contribution in [0.4, 0.5) is 5.69 Å². The first-order valence-electron chi connectivity index (χ1n) is 7.35. The van der Waals surface area contributed by atoms with Gasteiger partial charge in [0.05, 0.1) is 16.8 Å². The van der Waals surface area contributed by atoms with Crippen LogP contribution in [-0.2, 0) is 0 Å². The average molecular weight is 325 g/mol. The maximum atomic E-state index is 10.7. The van der Waals surface area contributed by atoms with Crippen molar-refractivity contribution in [3.05, 3.63) is 63.7 Å². The molecule has 0 saturated heterocycles. The summed E-state index contributed by atoms with van der Waals surface area (Å²) in [6, 6.07) is 11.8. The van der Waals surface area contributed by atoms with Crippen LogP contribution < -0.4 is 9.47 Å². The molecule has 0 radical (unpaired) electrons. The topological polar surface area (TPSA) is 86.3 Å². The molecule has 7 heteroatoms. The Balaban J connectivity index is 1.76. The van der Waals surface area contributed by atoms with E-state index in [9.17, 15) is 10.1 Å². The summed E-state index contributed by atoms with van der Waals surface area (Å²) >= 11 is 0. The summed E-state index contributed by atoms with van der Waals surface area (Å²) < 4.78 is 11.0. The van der Waals surface area contributed by atoms with E-state index in [2.05, 4.69) is 10.2 Å². The summed E-state index contributed by atoms with van der Waals surface area (Å²) in [5.74, 6) is 1.41. The average Bonchev–Trinajstić information content (AvgIpc) is 2.61. The molecule has 0 N–H and O–H groups in total. The highest BCUT2D eigenvalue weighted by Gasteiger charge is 2.12. The van der Waals surface area contributed by atoms with Crippen molar-refractivity contribution in [2.24, 2.45) is 10.2 Å². The van der Waals surface area contributed by atoms with Crippen LogP contribution in [0.15, 0.2) is 52.7 Å². The lowest BCUT2D eigenvalue weighted by Gasteiger charge is -2.18. The SMILES string of the molecule is C/C(=N\N=C\c1cccc([N+](=O)[O-])c1)c1ccc2c(c1)OCCO2. The molecule has 1 aliphatic rings. The molecular formula is C17H15N3O4. The minimum Gasteiger partial charge on any atom is -0.486 e. The number of hydrogen-bond donors (Lipinski definition) is 0. The van der Waals surface area contributed by atoms with Crippen molar-refractivity contribution < 1.29 is 14.4 Å². The Morgan fingerprint density at radius 1 is 1.17 bits per heavy atom. The van der Waals surface area contributed by atoms with Crippen LogP contribution in [0.5, 0.6) is 11.5 Å². The standard InChI is InChI=1S/C17H15N3O4/c1-12(14-5-6-16-17(10-14)24-8-7-23-16)19-18-11-13-3-2-4-15(9-13)20(21)22/h2-6,9-11H,7-8H2,1H3/b18-11+,19-12+. The largest absolute Gasteiger partial charge is 0.486 e. The first-order chi connectivity index (χ1) is 11.6. The second-order valence-electron chi connectivity index (χ2n) is 5.14. The van der Waals surface area contributed by atoms with Crippen molar-refractivity contribution in [2.45, 2.75) is 6.92 Å². The van der Waals surface area contributed by atoms with E-state index >= 15 is 0 Å². The number of ether oxygens (including phenoxy) is 2.